The molecule has 1 N–H and O–H groups in total. The fourth-order valence-corrected chi connectivity index (χ4v) is 3.16. The standard InChI is InChI=1S/C18H15ClFNO3/c1-24-18(23)11-3-2-10-4-7-16(14(10)8-11)21-17(22)13-6-5-12(20)9-15(13)19/h2-3,5-6,8-9,16H,4,7H2,1H3,(H,21,22). The third-order valence-corrected chi connectivity index (χ3v) is 4.44. The molecule has 1 aliphatic rings. The zero-order valence-corrected chi connectivity index (χ0v) is 13.7. The number of hydrogen-bond acceptors (Lipinski definition) is 3. The van der Waals surface area contributed by atoms with Gasteiger partial charge in [-0.25, -0.2) is 9.18 Å². The molecule has 1 unspecified atom stereocenters. The number of fused-ring (bicyclic) bond motifs is 1. The van der Waals surface area contributed by atoms with E-state index in [0.717, 1.165) is 30.0 Å². The lowest BCUT2D eigenvalue weighted by atomic mass is 10.0. The van der Waals surface area contributed by atoms with Crippen LogP contribution in [0.15, 0.2) is 36.4 Å². The molecule has 1 aliphatic carbocycles. The summed E-state index contributed by atoms with van der Waals surface area (Å²) in [5, 5.41) is 2.96. The van der Waals surface area contributed by atoms with Gasteiger partial charge in [0.2, 0.25) is 0 Å². The van der Waals surface area contributed by atoms with Gasteiger partial charge in [-0.15, -0.1) is 0 Å². The maximum atomic E-state index is 13.1. The average Bonchev–Trinajstić information content (AvgIpc) is 2.96. The number of carbonyl (C=O) groups excluding carboxylic acids is 2. The van der Waals surface area contributed by atoms with E-state index >= 15 is 0 Å². The van der Waals surface area contributed by atoms with Crippen molar-refractivity contribution >= 4 is 23.5 Å². The molecule has 0 saturated carbocycles. The molecule has 0 heterocycles. The number of halogens is 2. The smallest absolute Gasteiger partial charge is 0.337 e. The van der Waals surface area contributed by atoms with Crippen molar-refractivity contribution in [2.45, 2.75) is 18.9 Å². The monoisotopic (exact) mass is 347 g/mol. The fourth-order valence-electron chi connectivity index (χ4n) is 2.91. The van der Waals surface area contributed by atoms with E-state index in [1.54, 1.807) is 12.1 Å². The van der Waals surface area contributed by atoms with Crippen molar-refractivity contribution in [1.82, 2.24) is 5.32 Å². The second-order valence-electron chi connectivity index (χ2n) is 5.59. The Morgan fingerprint density at radius 2 is 2.04 bits per heavy atom. The van der Waals surface area contributed by atoms with Crippen LogP contribution >= 0.6 is 11.6 Å². The van der Waals surface area contributed by atoms with Crippen molar-refractivity contribution in [3.63, 3.8) is 0 Å². The summed E-state index contributed by atoms with van der Waals surface area (Å²) in [6.45, 7) is 0. The Kier molecular flexibility index (Phi) is 4.53. The molecule has 0 fully saturated rings. The molecule has 124 valence electrons. The second kappa shape index (κ2) is 6.61. The topological polar surface area (TPSA) is 55.4 Å². The molecule has 0 aliphatic heterocycles. The molecule has 1 amide bonds. The van der Waals surface area contributed by atoms with Crippen molar-refractivity contribution < 1.29 is 18.7 Å². The van der Waals surface area contributed by atoms with Gasteiger partial charge in [0.15, 0.2) is 0 Å². The predicted molar refractivity (Wildman–Crippen MR) is 87.7 cm³/mol. The molecule has 0 saturated heterocycles. The molecule has 2 aromatic carbocycles. The Hall–Kier alpha value is -2.40. The normalized spacial score (nSPS) is 15.7. The SMILES string of the molecule is COC(=O)c1ccc2c(c1)C(NC(=O)c1ccc(F)cc1Cl)CC2. The number of benzene rings is 2. The van der Waals surface area contributed by atoms with Crippen molar-refractivity contribution in [1.29, 1.82) is 0 Å². The summed E-state index contributed by atoms with van der Waals surface area (Å²) in [4.78, 5) is 24.1. The van der Waals surface area contributed by atoms with Crippen molar-refractivity contribution in [3.05, 3.63) is 69.5 Å². The molecule has 6 heteroatoms. The maximum Gasteiger partial charge on any atom is 0.337 e. The summed E-state index contributed by atoms with van der Waals surface area (Å²) >= 11 is 5.93. The van der Waals surface area contributed by atoms with Crippen molar-refractivity contribution in [2.75, 3.05) is 7.11 Å². The number of amides is 1. The minimum atomic E-state index is -0.495. The Labute approximate surface area is 143 Å². The van der Waals surface area contributed by atoms with E-state index in [1.807, 2.05) is 6.07 Å². The summed E-state index contributed by atoms with van der Waals surface area (Å²) < 4.78 is 17.8. The van der Waals surface area contributed by atoms with Gasteiger partial charge in [0.25, 0.3) is 5.91 Å². The first kappa shape index (κ1) is 16.5. The van der Waals surface area contributed by atoms with E-state index in [0.29, 0.717) is 5.56 Å². The first-order valence-corrected chi connectivity index (χ1v) is 7.84. The Morgan fingerprint density at radius 1 is 1.25 bits per heavy atom. The van der Waals surface area contributed by atoms with Crippen LogP contribution in [0, 0.1) is 5.82 Å². The van der Waals surface area contributed by atoms with Gasteiger partial charge in [0.1, 0.15) is 5.82 Å². The van der Waals surface area contributed by atoms with Crippen LogP contribution < -0.4 is 5.32 Å². The van der Waals surface area contributed by atoms with Crippen LogP contribution in [0.25, 0.3) is 0 Å². The number of ether oxygens (including phenoxy) is 1. The first-order valence-electron chi connectivity index (χ1n) is 7.46. The summed E-state index contributed by atoms with van der Waals surface area (Å²) in [5.74, 6) is -1.29. The summed E-state index contributed by atoms with van der Waals surface area (Å²) in [6, 6.07) is 8.76. The molecular weight excluding hydrogens is 333 g/mol. The van der Waals surface area contributed by atoms with Gasteiger partial charge in [-0.3, -0.25) is 4.79 Å². The van der Waals surface area contributed by atoms with Crippen LogP contribution in [0.2, 0.25) is 5.02 Å². The van der Waals surface area contributed by atoms with E-state index in [1.165, 1.54) is 19.2 Å². The Bertz CT molecular complexity index is 822. The number of hydrogen-bond donors (Lipinski definition) is 1. The van der Waals surface area contributed by atoms with E-state index in [-0.39, 0.29) is 22.5 Å². The van der Waals surface area contributed by atoms with Gasteiger partial charge in [0.05, 0.1) is 29.3 Å². The van der Waals surface area contributed by atoms with Crippen LogP contribution in [0.5, 0.6) is 0 Å². The number of methoxy groups -OCH3 is 1. The molecule has 0 bridgehead atoms. The second-order valence-corrected chi connectivity index (χ2v) is 6.00. The molecule has 24 heavy (non-hydrogen) atoms. The zero-order chi connectivity index (χ0) is 17.3. The highest BCUT2D eigenvalue weighted by molar-refractivity contribution is 6.33. The fraction of sp³-hybridized carbons (Fsp3) is 0.222. The van der Waals surface area contributed by atoms with Crippen LogP contribution in [0.1, 0.15) is 44.3 Å². The highest BCUT2D eigenvalue weighted by atomic mass is 35.5. The zero-order valence-electron chi connectivity index (χ0n) is 12.9. The van der Waals surface area contributed by atoms with E-state index in [9.17, 15) is 14.0 Å². The highest BCUT2D eigenvalue weighted by Crippen LogP contribution is 2.32. The number of aryl methyl sites for hydroxylation is 1. The Morgan fingerprint density at radius 3 is 2.75 bits per heavy atom. The average molecular weight is 348 g/mol. The predicted octanol–water partition coefficient (Wildman–Crippen LogP) is 3.68. The van der Waals surface area contributed by atoms with Crippen molar-refractivity contribution in [2.24, 2.45) is 0 Å². The van der Waals surface area contributed by atoms with Gasteiger partial charge >= 0.3 is 5.97 Å². The third-order valence-electron chi connectivity index (χ3n) is 4.13. The van der Waals surface area contributed by atoms with Gasteiger partial charge < -0.3 is 10.1 Å². The van der Waals surface area contributed by atoms with Gasteiger partial charge in [-0.05, 0) is 54.3 Å². The number of esters is 1. The summed E-state index contributed by atoms with van der Waals surface area (Å²) in [6.07, 6.45) is 1.53. The molecule has 0 radical (unpaired) electrons. The van der Waals surface area contributed by atoms with E-state index in [4.69, 9.17) is 16.3 Å². The van der Waals surface area contributed by atoms with Gasteiger partial charge in [0, 0.05) is 0 Å². The molecule has 2 aromatic rings. The van der Waals surface area contributed by atoms with E-state index < -0.39 is 11.8 Å². The maximum absolute atomic E-state index is 13.1. The highest BCUT2D eigenvalue weighted by Gasteiger charge is 2.26. The quantitative estimate of drug-likeness (QED) is 0.862. The lowest BCUT2D eigenvalue weighted by Crippen LogP contribution is -2.27. The Balaban J connectivity index is 1.83. The van der Waals surface area contributed by atoms with Crippen LogP contribution in [-0.4, -0.2) is 19.0 Å². The van der Waals surface area contributed by atoms with Crippen LogP contribution in [0.4, 0.5) is 4.39 Å². The summed E-state index contributed by atoms with van der Waals surface area (Å²) in [5.41, 5.74) is 2.63. The number of carbonyl (C=O) groups is 2. The lowest BCUT2D eigenvalue weighted by molar-refractivity contribution is 0.0600. The minimum absolute atomic E-state index is 0.0639. The first-order chi connectivity index (χ1) is 11.5. The largest absolute Gasteiger partial charge is 0.465 e. The van der Waals surface area contributed by atoms with Crippen LogP contribution in [0.3, 0.4) is 0 Å². The number of rotatable bonds is 3. The van der Waals surface area contributed by atoms with Crippen LogP contribution in [-0.2, 0) is 11.2 Å². The van der Waals surface area contributed by atoms with Gasteiger partial charge in [-0.2, -0.15) is 0 Å². The number of nitrogens with one attached hydrogen (secondary N) is 1. The summed E-state index contributed by atoms with van der Waals surface area (Å²) in [7, 11) is 1.32. The third kappa shape index (κ3) is 3.12. The minimum Gasteiger partial charge on any atom is -0.465 e. The molecule has 1 atom stereocenters. The molecule has 4 nitrogen and oxygen atoms in total. The molecule has 0 aromatic heterocycles. The van der Waals surface area contributed by atoms with Gasteiger partial charge in [-0.1, -0.05) is 17.7 Å². The molecule has 0 spiro atoms. The molecule has 3 rings (SSSR count). The van der Waals surface area contributed by atoms with E-state index in [2.05, 4.69) is 5.32 Å². The lowest BCUT2D eigenvalue weighted by Gasteiger charge is -2.15. The molecular formula is C18H15ClFNO3. The van der Waals surface area contributed by atoms with Crippen molar-refractivity contribution in [3.8, 4) is 0 Å².